The van der Waals surface area contributed by atoms with Crippen LogP contribution in [0.4, 0.5) is 4.39 Å². The molecule has 1 aliphatic heterocycles. The van der Waals surface area contributed by atoms with Crippen LogP contribution in [-0.2, 0) is 11.2 Å². The number of fused-ring (bicyclic) bond motifs is 2. The number of nitrogens with one attached hydrogen (secondary N) is 2. The Kier molecular flexibility index (Phi) is 5.86. The van der Waals surface area contributed by atoms with Gasteiger partial charge in [-0.1, -0.05) is 24.3 Å². The van der Waals surface area contributed by atoms with Gasteiger partial charge in [0.15, 0.2) is 0 Å². The number of carbonyl (C=O) groups excluding carboxylic acids is 2. The number of aromatic nitrogens is 3. The summed E-state index contributed by atoms with van der Waals surface area (Å²) in [5, 5.41) is 10.7. The second kappa shape index (κ2) is 9.27. The molecule has 2 amide bonds. The zero-order chi connectivity index (χ0) is 23.5. The van der Waals surface area contributed by atoms with Gasteiger partial charge in [-0.3, -0.25) is 19.7 Å². The van der Waals surface area contributed by atoms with Gasteiger partial charge in [0.25, 0.3) is 5.91 Å². The third-order valence-corrected chi connectivity index (χ3v) is 6.06. The highest BCUT2D eigenvalue weighted by molar-refractivity contribution is 6.06. The summed E-state index contributed by atoms with van der Waals surface area (Å²) in [7, 11) is 0. The molecular weight excluding hydrogens is 433 g/mol. The monoisotopic (exact) mass is 455 g/mol. The van der Waals surface area contributed by atoms with Gasteiger partial charge in [-0.25, -0.2) is 4.39 Å². The van der Waals surface area contributed by atoms with Gasteiger partial charge in [0.2, 0.25) is 5.91 Å². The maximum atomic E-state index is 13.8. The number of amides is 2. The van der Waals surface area contributed by atoms with Gasteiger partial charge in [0, 0.05) is 54.1 Å². The van der Waals surface area contributed by atoms with E-state index in [0.717, 1.165) is 23.1 Å². The van der Waals surface area contributed by atoms with E-state index in [1.807, 2.05) is 24.3 Å². The number of H-pyrrole nitrogens is 1. The van der Waals surface area contributed by atoms with Gasteiger partial charge in [-0.05, 0) is 41.8 Å². The number of hydrogen-bond donors (Lipinski definition) is 2. The average Bonchev–Trinajstić information content (AvgIpc) is 3.39. The van der Waals surface area contributed by atoms with E-state index in [0.29, 0.717) is 22.9 Å². The fraction of sp³-hybridized carbons (Fsp3) is 0.154. The first-order valence-corrected chi connectivity index (χ1v) is 11.0. The number of benzene rings is 2. The van der Waals surface area contributed by atoms with Crippen LogP contribution in [0.3, 0.4) is 0 Å². The number of nitrogens with zero attached hydrogens (tertiary/aromatic N) is 3. The highest BCUT2D eigenvalue weighted by Gasteiger charge is 2.30. The highest BCUT2D eigenvalue weighted by Crippen LogP contribution is 2.30. The number of hydrogen-bond acceptors (Lipinski definition) is 4. The molecular formula is C26H22FN5O2. The fourth-order valence-electron chi connectivity index (χ4n) is 4.35. The Bertz CT molecular complexity index is 1380. The molecule has 0 bridgehead atoms. The molecule has 7 nitrogen and oxygen atoms in total. The van der Waals surface area contributed by atoms with Crippen molar-refractivity contribution in [3.63, 3.8) is 0 Å². The minimum atomic E-state index is -0.421. The van der Waals surface area contributed by atoms with E-state index in [2.05, 4.69) is 20.5 Å². The molecule has 0 saturated carbocycles. The Morgan fingerprint density at radius 3 is 2.91 bits per heavy atom. The predicted octanol–water partition coefficient (Wildman–Crippen LogP) is 3.67. The third kappa shape index (κ3) is 4.30. The Hall–Kier alpha value is -4.33. The van der Waals surface area contributed by atoms with E-state index in [4.69, 9.17) is 0 Å². The maximum Gasteiger partial charge on any atom is 0.253 e. The second-order valence-electron chi connectivity index (χ2n) is 8.12. The van der Waals surface area contributed by atoms with E-state index in [1.54, 1.807) is 35.6 Å². The summed E-state index contributed by atoms with van der Waals surface area (Å²) in [4.78, 5) is 32.1. The molecule has 2 aromatic heterocycles. The third-order valence-electron chi connectivity index (χ3n) is 6.06. The normalized spacial score (nSPS) is 15.4. The van der Waals surface area contributed by atoms with Gasteiger partial charge < -0.3 is 10.2 Å². The minimum Gasteiger partial charge on any atom is -0.350 e. The second-order valence-corrected chi connectivity index (χ2v) is 8.12. The van der Waals surface area contributed by atoms with Gasteiger partial charge in [-0.15, -0.1) is 0 Å². The molecule has 2 aromatic carbocycles. The standard InChI is InChI=1S/C26H22FN5O2/c27-20-7-6-19-14-28-15-23(22(19)11-20)26(34)29-16-24-21-4-2-1-3-18(21)9-10-32(24)25(33)8-5-17-12-30-31-13-17/h1-8,11-15,24H,9-10,16H2,(H,29,34)(H,30,31)/b8-5+. The van der Waals surface area contributed by atoms with Crippen LogP contribution in [-0.4, -0.2) is 45.0 Å². The Labute approximate surface area is 195 Å². The van der Waals surface area contributed by atoms with Crippen molar-refractivity contribution in [1.29, 1.82) is 0 Å². The molecule has 1 unspecified atom stereocenters. The number of carbonyl (C=O) groups is 2. The largest absolute Gasteiger partial charge is 0.350 e. The van der Waals surface area contributed by atoms with Gasteiger partial charge in [-0.2, -0.15) is 5.10 Å². The lowest BCUT2D eigenvalue weighted by Crippen LogP contribution is -2.44. The summed E-state index contributed by atoms with van der Waals surface area (Å²) >= 11 is 0. The van der Waals surface area contributed by atoms with Gasteiger partial charge in [0.05, 0.1) is 17.8 Å². The lowest BCUT2D eigenvalue weighted by atomic mass is 9.92. The Balaban J connectivity index is 1.40. The molecule has 0 spiro atoms. The zero-order valence-electron chi connectivity index (χ0n) is 18.2. The van der Waals surface area contributed by atoms with Crippen molar-refractivity contribution in [3.05, 3.63) is 101 Å². The molecule has 2 N–H and O–H groups in total. The summed E-state index contributed by atoms with van der Waals surface area (Å²) < 4.78 is 13.8. The molecule has 34 heavy (non-hydrogen) atoms. The molecule has 0 radical (unpaired) electrons. The number of pyridine rings is 1. The summed E-state index contributed by atoms with van der Waals surface area (Å²) in [6.45, 7) is 0.750. The van der Waals surface area contributed by atoms with Crippen molar-refractivity contribution in [3.8, 4) is 0 Å². The summed E-state index contributed by atoms with van der Waals surface area (Å²) in [6.07, 6.45) is 10.3. The quantitative estimate of drug-likeness (QED) is 0.450. The van der Waals surface area contributed by atoms with Crippen LogP contribution in [0.2, 0.25) is 0 Å². The van der Waals surface area contributed by atoms with Crippen LogP contribution < -0.4 is 5.32 Å². The van der Waals surface area contributed by atoms with Crippen molar-refractivity contribution < 1.29 is 14.0 Å². The van der Waals surface area contributed by atoms with Gasteiger partial charge in [0.1, 0.15) is 5.82 Å². The van der Waals surface area contributed by atoms with E-state index in [9.17, 15) is 14.0 Å². The molecule has 8 heteroatoms. The number of halogens is 1. The smallest absolute Gasteiger partial charge is 0.253 e. The average molecular weight is 455 g/mol. The molecule has 0 saturated heterocycles. The number of rotatable bonds is 5. The first-order valence-electron chi connectivity index (χ1n) is 11.0. The molecule has 0 fully saturated rings. The molecule has 1 atom stereocenters. The van der Waals surface area contributed by atoms with Crippen LogP contribution >= 0.6 is 0 Å². The van der Waals surface area contributed by atoms with E-state index in [-0.39, 0.29) is 24.4 Å². The predicted molar refractivity (Wildman–Crippen MR) is 126 cm³/mol. The summed E-state index contributed by atoms with van der Waals surface area (Å²) in [5.41, 5.74) is 3.24. The van der Waals surface area contributed by atoms with Crippen LogP contribution in [0.1, 0.15) is 33.1 Å². The minimum absolute atomic E-state index is 0.149. The lowest BCUT2D eigenvalue weighted by molar-refractivity contribution is -0.128. The van der Waals surface area contributed by atoms with Crippen molar-refractivity contribution >= 4 is 28.7 Å². The first-order chi connectivity index (χ1) is 16.6. The summed E-state index contributed by atoms with van der Waals surface area (Å²) in [6, 6.07) is 11.9. The number of aromatic amines is 1. The first kappa shape index (κ1) is 21.5. The molecule has 0 aliphatic carbocycles. The zero-order valence-corrected chi connectivity index (χ0v) is 18.2. The van der Waals surface area contributed by atoms with E-state index < -0.39 is 5.82 Å². The topological polar surface area (TPSA) is 91.0 Å². The van der Waals surface area contributed by atoms with Crippen molar-refractivity contribution in [2.45, 2.75) is 12.5 Å². The Morgan fingerprint density at radius 1 is 1.18 bits per heavy atom. The molecule has 4 aromatic rings. The molecule has 3 heterocycles. The SMILES string of the molecule is O=C(NCC1c2ccccc2CCN1C(=O)/C=C/c1cn[nH]c1)c1cncc2ccc(F)cc12. The van der Waals surface area contributed by atoms with E-state index >= 15 is 0 Å². The lowest BCUT2D eigenvalue weighted by Gasteiger charge is -2.37. The van der Waals surface area contributed by atoms with Gasteiger partial charge >= 0.3 is 0 Å². The van der Waals surface area contributed by atoms with Crippen LogP contribution in [0.5, 0.6) is 0 Å². The van der Waals surface area contributed by atoms with E-state index in [1.165, 1.54) is 24.4 Å². The fourth-order valence-corrected chi connectivity index (χ4v) is 4.35. The van der Waals surface area contributed by atoms with Crippen molar-refractivity contribution in [1.82, 2.24) is 25.4 Å². The maximum absolute atomic E-state index is 13.8. The van der Waals surface area contributed by atoms with Crippen LogP contribution in [0.15, 0.2) is 73.3 Å². The highest BCUT2D eigenvalue weighted by atomic mass is 19.1. The summed E-state index contributed by atoms with van der Waals surface area (Å²) in [5.74, 6) is -0.938. The molecule has 5 rings (SSSR count). The molecule has 1 aliphatic rings. The van der Waals surface area contributed by atoms with Crippen molar-refractivity contribution in [2.24, 2.45) is 0 Å². The Morgan fingerprint density at radius 2 is 2.06 bits per heavy atom. The van der Waals surface area contributed by atoms with Crippen molar-refractivity contribution in [2.75, 3.05) is 13.1 Å². The van der Waals surface area contributed by atoms with Crippen LogP contribution in [0, 0.1) is 5.82 Å². The van der Waals surface area contributed by atoms with Crippen LogP contribution in [0.25, 0.3) is 16.8 Å². The molecule has 170 valence electrons.